The summed E-state index contributed by atoms with van der Waals surface area (Å²) < 4.78 is 5.78. The number of ether oxygens (including phenoxy) is 1. The van der Waals surface area contributed by atoms with Crippen molar-refractivity contribution in [2.45, 2.75) is 40.2 Å². The summed E-state index contributed by atoms with van der Waals surface area (Å²) >= 11 is 0. The van der Waals surface area contributed by atoms with Crippen molar-refractivity contribution in [3.05, 3.63) is 70.8 Å². The number of rotatable bonds is 10. The van der Waals surface area contributed by atoms with Crippen LogP contribution in [0.25, 0.3) is 5.76 Å². The Morgan fingerprint density at radius 2 is 1.76 bits per heavy atom. The van der Waals surface area contributed by atoms with Crippen molar-refractivity contribution in [3.63, 3.8) is 0 Å². The van der Waals surface area contributed by atoms with Crippen molar-refractivity contribution < 1.29 is 24.3 Å². The van der Waals surface area contributed by atoms with Gasteiger partial charge in [-0.15, -0.1) is 0 Å². The predicted molar refractivity (Wildman–Crippen MR) is 127 cm³/mol. The fourth-order valence-corrected chi connectivity index (χ4v) is 4.18. The Hall–Kier alpha value is -3.12. The van der Waals surface area contributed by atoms with Crippen LogP contribution in [0.2, 0.25) is 0 Å². The lowest BCUT2D eigenvalue weighted by Crippen LogP contribution is -3.12. The molecule has 176 valence electrons. The van der Waals surface area contributed by atoms with Crippen LogP contribution >= 0.6 is 0 Å². The van der Waals surface area contributed by atoms with Crippen LogP contribution in [0, 0.1) is 6.92 Å². The third-order valence-electron chi connectivity index (χ3n) is 6.20. The van der Waals surface area contributed by atoms with Crippen LogP contribution in [0.4, 0.5) is 0 Å². The molecule has 1 aliphatic rings. The molecule has 1 saturated heterocycles. The summed E-state index contributed by atoms with van der Waals surface area (Å²) in [6.07, 6.45) is 0.868. The fraction of sp³-hybridized carbons (Fsp3) is 0.407. The largest absolute Gasteiger partial charge is 0.872 e. The minimum absolute atomic E-state index is 0.0195. The van der Waals surface area contributed by atoms with E-state index in [2.05, 4.69) is 13.8 Å². The molecule has 0 spiro atoms. The average Bonchev–Trinajstić information content (AvgIpc) is 3.08. The number of quaternary nitrogens is 1. The van der Waals surface area contributed by atoms with Crippen molar-refractivity contribution in [1.82, 2.24) is 4.90 Å². The zero-order valence-corrected chi connectivity index (χ0v) is 20.0. The number of carbonyl (C=O) groups excluding carboxylic acids is 2. The van der Waals surface area contributed by atoms with Crippen molar-refractivity contribution in [1.29, 1.82) is 0 Å². The molecule has 0 aromatic heterocycles. The van der Waals surface area contributed by atoms with Gasteiger partial charge in [0.05, 0.1) is 38.8 Å². The highest BCUT2D eigenvalue weighted by molar-refractivity contribution is 6.46. The van der Waals surface area contributed by atoms with Gasteiger partial charge in [-0.05, 0) is 50.5 Å². The van der Waals surface area contributed by atoms with Crippen LogP contribution in [0.3, 0.4) is 0 Å². The van der Waals surface area contributed by atoms with E-state index in [1.807, 2.05) is 50.2 Å². The second kappa shape index (κ2) is 11.1. The molecule has 33 heavy (non-hydrogen) atoms. The number of aryl methyl sites for hydroxylation is 1. The van der Waals surface area contributed by atoms with E-state index in [9.17, 15) is 14.7 Å². The molecule has 0 bridgehead atoms. The van der Waals surface area contributed by atoms with Gasteiger partial charge in [0.15, 0.2) is 0 Å². The molecule has 6 nitrogen and oxygen atoms in total. The first-order valence-electron chi connectivity index (χ1n) is 11.8. The van der Waals surface area contributed by atoms with E-state index in [0.29, 0.717) is 36.6 Å². The summed E-state index contributed by atoms with van der Waals surface area (Å²) in [5.74, 6) is -1.05. The summed E-state index contributed by atoms with van der Waals surface area (Å²) in [5, 5.41) is 13.5. The van der Waals surface area contributed by atoms with E-state index in [0.717, 1.165) is 25.1 Å². The van der Waals surface area contributed by atoms with Crippen LogP contribution in [-0.2, 0) is 9.59 Å². The predicted octanol–water partition coefficient (Wildman–Crippen LogP) is 1.93. The topological polar surface area (TPSA) is 74.1 Å². The monoisotopic (exact) mass is 450 g/mol. The number of hydrogen-bond donors (Lipinski definition) is 1. The number of ketones is 1. The second-order valence-corrected chi connectivity index (χ2v) is 8.47. The van der Waals surface area contributed by atoms with Crippen molar-refractivity contribution in [2.24, 2.45) is 0 Å². The first-order chi connectivity index (χ1) is 15.9. The average molecular weight is 451 g/mol. The van der Waals surface area contributed by atoms with Crippen molar-refractivity contribution in [3.8, 4) is 5.75 Å². The minimum atomic E-state index is -0.723. The van der Waals surface area contributed by atoms with Crippen LogP contribution in [0.5, 0.6) is 5.75 Å². The van der Waals surface area contributed by atoms with Gasteiger partial charge in [-0.3, -0.25) is 9.59 Å². The molecule has 1 heterocycles. The maximum absolute atomic E-state index is 13.5. The molecular weight excluding hydrogens is 416 g/mol. The third kappa shape index (κ3) is 5.45. The highest BCUT2D eigenvalue weighted by atomic mass is 16.5. The van der Waals surface area contributed by atoms with Gasteiger partial charge >= 0.3 is 0 Å². The zero-order chi connectivity index (χ0) is 24.0. The Morgan fingerprint density at radius 3 is 2.39 bits per heavy atom. The van der Waals surface area contributed by atoms with E-state index in [-0.39, 0.29) is 5.57 Å². The summed E-state index contributed by atoms with van der Waals surface area (Å²) in [7, 11) is 0. The number of hydrogen-bond acceptors (Lipinski definition) is 4. The minimum Gasteiger partial charge on any atom is -0.872 e. The van der Waals surface area contributed by atoms with Gasteiger partial charge in [-0.1, -0.05) is 54.6 Å². The fourth-order valence-electron chi connectivity index (χ4n) is 4.18. The van der Waals surface area contributed by atoms with Gasteiger partial charge in [0.2, 0.25) is 5.78 Å². The first-order valence-corrected chi connectivity index (χ1v) is 11.8. The molecule has 1 unspecified atom stereocenters. The number of benzene rings is 2. The van der Waals surface area contributed by atoms with E-state index in [4.69, 9.17) is 4.74 Å². The van der Waals surface area contributed by atoms with E-state index in [1.54, 1.807) is 17.0 Å². The molecule has 6 heteroatoms. The maximum Gasteiger partial charge on any atom is 0.295 e. The lowest BCUT2D eigenvalue weighted by molar-refractivity contribution is -0.895. The van der Waals surface area contributed by atoms with Gasteiger partial charge in [-0.2, -0.15) is 0 Å². The van der Waals surface area contributed by atoms with E-state index < -0.39 is 23.5 Å². The van der Waals surface area contributed by atoms with E-state index >= 15 is 0 Å². The summed E-state index contributed by atoms with van der Waals surface area (Å²) in [5.41, 5.74) is 2.17. The number of likely N-dealkylation sites (N-methyl/N-ethyl adjacent to an activating group) is 1. The zero-order valence-electron chi connectivity index (χ0n) is 20.0. The van der Waals surface area contributed by atoms with Crippen LogP contribution in [0.1, 0.15) is 49.9 Å². The molecule has 2 aromatic carbocycles. The quantitative estimate of drug-likeness (QED) is 0.341. The molecule has 1 fully saturated rings. The Morgan fingerprint density at radius 1 is 1.06 bits per heavy atom. The first kappa shape index (κ1) is 24.5. The van der Waals surface area contributed by atoms with Gasteiger partial charge in [-0.25, -0.2) is 0 Å². The SMILES string of the molecule is CCCOc1cccc(C2C(=C([O-])c3ccc(C)cc3)C(=O)C(=O)N2CC[NH+](CC)CC)c1. The van der Waals surface area contributed by atoms with Gasteiger partial charge in [0.25, 0.3) is 5.91 Å². The number of Topliss-reactive ketones (excluding diaryl/α,β-unsaturated/α-hetero) is 1. The number of likely N-dealkylation sites (tertiary alicyclic amines) is 1. The number of amides is 1. The maximum atomic E-state index is 13.5. The molecule has 1 N–H and O–H groups in total. The molecule has 0 aliphatic carbocycles. The van der Waals surface area contributed by atoms with E-state index in [1.165, 1.54) is 4.90 Å². The van der Waals surface area contributed by atoms with Crippen LogP contribution in [0.15, 0.2) is 54.1 Å². The molecule has 2 aromatic rings. The molecule has 1 aliphatic heterocycles. The van der Waals surface area contributed by atoms with Gasteiger partial charge in [0.1, 0.15) is 5.75 Å². The Bertz CT molecular complexity index is 1010. The summed E-state index contributed by atoms with van der Waals surface area (Å²) in [6.45, 7) is 11.7. The smallest absolute Gasteiger partial charge is 0.295 e. The van der Waals surface area contributed by atoms with Crippen LogP contribution < -0.4 is 14.7 Å². The van der Waals surface area contributed by atoms with Crippen molar-refractivity contribution >= 4 is 17.4 Å². The van der Waals surface area contributed by atoms with Crippen molar-refractivity contribution in [2.75, 3.05) is 32.8 Å². The number of carbonyl (C=O) groups is 2. The van der Waals surface area contributed by atoms with Crippen LogP contribution in [-0.4, -0.2) is 49.4 Å². The Labute approximate surface area is 196 Å². The summed E-state index contributed by atoms with van der Waals surface area (Å²) in [6, 6.07) is 13.8. The normalized spacial score (nSPS) is 17.7. The third-order valence-corrected chi connectivity index (χ3v) is 6.20. The lowest BCUT2D eigenvalue weighted by Gasteiger charge is -2.28. The Kier molecular flexibility index (Phi) is 8.28. The van der Waals surface area contributed by atoms with Gasteiger partial charge < -0.3 is 19.6 Å². The molecule has 0 saturated carbocycles. The molecule has 1 atom stereocenters. The number of nitrogens with one attached hydrogen (secondary N) is 1. The standard InChI is InChI=1S/C27H34N2O4/c1-5-17-33-22-10-8-9-21(18-22)24-23(25(30)20-13-11-19(4)12-14-20)26(31)27(32)29(24)16-15-28(6-2)7-3/h8-14,18,24,30H,5-7,15-17H2,1-4H3. The molecular formula is C27H34N2O4. The Balaban J connectivity index is 2.08. The molecule has 0 radical (unpaired) electrons. The number of nitrogens with zero attached hydrogens (tertiary/aromatic N) is 1. The second-order valence-electron chi connectivity index (χ2n) is 8.47. The van der Waals surface area contributed by atoms with Gasteiger partial charge in [0, 0.05) is 5.57 Å². The summed E-state index contributed by atoms with van der Waals surface area (Å²) in [4.78, 5) is 29.1. The lowest BCUT2D eigenvalue weighted by atomic mass is 9.95. The highest BCUT2D eigenvalue weighted by Gasteiger charge is 2.44. The molecule has 3 rings (SSSR count). The molecule has 1 amide bonds. The highest BCUT2D eigenvalue weighted by Crippen LogP contribution is 2.39.